The van der Waals surface area contributed by atoms with Gasteiger partial charge in [-0.1, -0.05) is 38.0 Å². The number of allylic oxidation sites excluding steroid dienone is 1. The second kappa shape index (κ2) is 11.5. The van der Waals surface area contributed by atoms with Crippen molar-refractivity contribution in [3.05, 3.63) is 77.8 Å². The third-order valence-electron chi connectivity index (χ3n) is 9.39. The average Bonchev–Trinajstić information content (AvgIpc) is 3.59. The molecule has 0 spiro atoms. The number of ether oxygens (including phenoxy) is 1. The van der Waals surface area contributed by atoms with Crippen LogP contribution in [0, 0.1) is 47.8 Å². The van der Waals surface area contributed by atoms with Crippen LogP contribution in [0.5, 0.6) is 5.88 Å². The molecule has 11 nitrogen and oxygen atoms in total. The minimum absolute atomic E-state index is 0.0605. The lowest BCUT2D eigenvalue weighted by atomic mass is 9.56. The lowest BCUT2D eigenvalue weighted by Crippen LogP contribution is -2.59. The predicted molar refractivity (Wildman–Crippen MR) is 169 cm³/mol. The molecule has 4 aromatic rings. The van der Waals surface area contributed by atoms with Gasteiger partial charge in [-0.25, -0.2) is 19.5 Å². The number of fused-ring (bicyclic) bond motifs is 2. The van der Waals surface area contributed by atoms with E-state index in [-0.39, 0.29) is 25.3 Å². The SMILES string of the molecule is C#C/C=C\c1c(C#N)ccc(N2C(=O)[C@@H]3[C@H](C2=O)[C@@](O)(CCOc2ncnc4c2cnn4-c2ccccc2)C[C@H](O)C3(C)C)c1C. The lowest BCUT2D eigenvalue weighted by molar-refractivity contribution is -0.176. The predicted octanol–water partition coefficient (Wildman–Crippen LogP) is 3.74. The molecular formula is C35H32N6O5. The summed E-state index contributed by atoms with van der Waals surface area (Å²) in [6.45, 7) is 5.11. The van der Waals surface area contributed by atoms with Crippen molar-refractivity contribution in [3.63, 3.8) is 0 Å². The molecular weight excluding hydrogens is 584 g/mol. The second-order valence-electron chi connectivity index (χ2n) is 12.3. The standard InChI is InChI=1S/C35H32N6O5/c1-5-6-12-24-21(2)26(14-13-22(24)18-36)40-32(43)28-29(33(40)44)35(45,17-27(42)34(28,3)4)15-16-46-31-25-19-39-41(30(25)37-20-38-31)23-10-8-7-9-11-23/h1,6-14,19-20,27-29,42,45H,15-17H2,2-4H3/b12-6-/t27-,28-,29+,35+/m0/s1. The molecule has 0 bridgehead atoms. The number of nitrogens with zero attached hydrogens (tertiary/aromatic N) is 6. The summed E-state index contributed by atoms with van der Waals surface area (Å²) < 4.78 is 7.70. The molecule has 11 heteroatoms. The zero-order valence-corrected chi connectivity index (χ0v) is 25.6. The van der Waals surface area contributed by atoms with Crippen molar-refractivity contribution in [2.45, 2.75) is 45.3 Å². The summed E-state index contributed by atoms with van der Waals surface area (Å²) in [5, 5.41) is 38.0. The van der Waals surface area contributed by atoms with Gasteiger partial charge in [0.05, 0.1) is 59.4 Å². The molecule has 0 radical (unpaired) electrons. The van der Waals surface area contributed by atoms with E-state index in [0.29, 0.717) is 33.4 Å². The molecule has 2 aromatic heterocycles. The summed E-state index contributed by atoms with van der Waals surface area (Å²) in [5.41, 5.74) is 0.191. The number of nitriles is 1. The smallest absolute Gasteiger partial charge is 0.240 e. The van der Waals surface area contributed by atoms with Gasteiger partial charge in [-0.05, 0) is 54.5 Å². The molecule has 6 rings (SSSR count). The number of anilines is 1. The minimum Gasteiger partial charge on any atom is -0.477 e. The zero-order valence-electron chi connectivity index (χ0n) is 25.6. The topological polar surface area (TPSA) is 154 Å². The van der Waals surface area contributed by atoms with Crippen molar-refractivity contribution in [1.82, 2.24) is 19.7 Å². The van der Waals surface area contributed by atoms with Crippen LogP contribution in [-0.4, -0.2) is 60.1 Å². The second-order valence-corrected chi connectivity index (χ2v) is 12.3. The Balaban J connectivity index is 1.31. The molecule has 3 heterocycles. The fourth-order valence-corrected chi connectivity index (χ4v) is 6.81. The Morgan fingerprint density at radius 3 is 2.59 bits per heavy atom. The number of amides is 2. The van der Waals surface area contributed by atoms with Crippen LogP contribution in [0.25, 0.3) is 22.8 Å². The maximum atomic E-state index is 14.2. The molecule has 1 saturated heterocycles. The van der Waals surface area contributed by atoms with Crippen LogP contribution in [0.1, 0.15) is 43.4 Å². The van der Waals surface area contributed by atoms with Gasteiger partial charge in [0.25, 0.3) is 0 Å². The number of aliphatic hydroxyl groups is 2. The normalized spacial score (nSPS) is 23.8. The number of imide groups is 1. The van der Waals surface area contributed by atoms with Gasteiger partial charge >= 0.3 is 0 Å². The first-order valence-corrected chi connectivity index (χ1v) is 14.8. The van der Waals surface area contributed by atoms with Crippen molar-refractivity contribution in [2.75, 3.05) is 11.5 Å². The largest absolute Gasteiger partial charge is 0.477 e. The molecule has 232 valence electrons. The van der Waals surface area contributed by atoms with Crippen molar-refractivity contribution < 1.29 is 24.5 Å². The molecule has 4 atom stereocenters. The van der Waals surface area contributed by atoms with Crippen LogP contribution < -0.4 is 9.64 Å². The Hall–Kier alpha value is -5.36. The van der Waals surface area contributed by atoms with Gasteiger partial charge in [-0.15, -0.1) is 6.42 Å². The van der Waals surface area contributed by atoms with Crippen LogP contribution in [0.15, 0.2) is 61.1 Å². The number of aliphatic hydroxyl groups excluding tert-OH is 1. The summed E-state index contributed by atoms with van der Waals surface area (Å²) in [5.74, 6) is -0.613. The first-order valence-electron chi connectivity index (χ1n) is 14.8. The summed E-state index contributed by atoms with van der Waals surface area (Å²) in [6.07, 6.45) is 10.1. The Morgan fingerprint density at radius 1 is 1.13 bits per heavy atom. The van der Waals surface area contributed by atoms with E-state index in [1.54, 1.807) is 43.8 Å². The van der Waals surface area contributed by atoms with E-state index in [1.807, 2.05) is 30.3 Å². The molecule has 1 aliphatic carbocycles. The van der Waals surface area contributed by atoms with Crippen LogP contribution in [0.4, 0.5) is 5.69 Å². The highest BCUT2D eigenvalue weighted by Gasteiger charge is 2.66. The van der Waals surface area contributed by atoms with Crippen LogP contribution in [0.2, 0.25) is 0 Å². The molecule has 0 unspecified atom stereocenters. The summed E-state index contributed by atoms with van der Waals surface area (Å²) in [6, 6.07) is 14.7. The molecule has 2 aromatic carbocycles. The summed E-state index contributed by atoms with van der Waals surface area (Å²) in [7, 11) is 0. The van der Waals surface area contributed by atoms with Gasteiger partial charge < -0.3 is 14.9 Å². The maximum Gasteiger partial charge on any atom is 0.240 e. The third kappa shape index (κ3) is 4.81. The van der Waals surface area contributed by atoms with E-state index < -0.39 is 40.8 Å². The number of terminal acetylenes is 1. The first kappa shape index (κ1) is 30.7. The summed E-state index contributed by atoms with van der Waals surface area (Å²) >= 11 is 0. The number of benzene rings is 2. The van der Waals surface area contributed by atoms with Gasteiger partial charge in [-0.2, -0.15) is 10.4 Å². The fraction of sp³-hybridized carbons (Fsp3) is 0.314. The molecule has 1 aliphatic heterocycles. The first-order chi connectivity index (χ1) is 22.0. The Labute approximate surface area is 265 Å². The Morgan fingerprint density at radius 2 is 1.87 bits per heavy atom. The number of carbonyl (C=O) groups is 2. The number of aromatic nitrogens is 4. The number of hydrogen-bond donors (Lipinski definition) is 2. The third-order valence-corrected chi connectivity index (χ3v) is 9.39. The maximum absolute atomic E-state index is 14.2. The van der Waals surface area contributed by atoms with E-state index in [9.17, 15) is 25.1 Å². The van der Waals surface area contributed by atoms with Crippen LogP contribution >= 0.6 is 0 Å². The Bertz CT molecular complexity index is 1970. The van der Waals surface area contributed by atoms with Gasteiger partial charge in [0, 0.05) is 18.3 Å². The van der Waals surface area contributed by atoms with E-state index in [1.165, 1.54) is 18.5 Å². The van der Waals surface area contributed by atoms with E-state index in [4.69, 9.17) is 11.2 Å². The summed E-state index contributed by atoms with van der Waals surface area (Å²) in [4.78, 5) is 38.0. The molecule has 2 aliphatic rings. The van der Waals surface area contributed by atoms with Gasteiger partial charge in [0.1, 0.15) is 11.7 Å². The fourth-order valence-electron chi connectivity index (χ4n) is 6.81. The van der Waals surface area contributed by atoms with Crippen molar-refractivity contribution in [1.29, 1.82) is 5.26 Å². The van der Waals surface area contributed by atoms with Crippen molar-refractivity contribution in [2.24, 2.45) is 17.3 Å². The van der Waals surface area contributed by atoms with E-state index in [2.05, 4.69) is 27.1 Å². The number of hydrogen-bond acceptors (Lipinski definition) is 9. The number of para-hydroxylation sites is 1. The molecule has 2 N–H and O–H groups in total. The minimum atomic E-state index is -1.77. The number of rotatable bonds is 7. The highest BCUT2D eigenvalue weighted by atomic mass is 16.5. The molecule has 1 saturated carbocycles. The van der Waals surface area contributed by atoms with E-state index in [0.717, 1.165) is 10.6 Å². The Kier molecular flexibility index (Phi) is 7.69. The molecule has 2 fully saturated rings. The van der Waals surface area contributed by atoms with E-state index >= 15 is 0 Å². The lowest BCUT2D eigenvalue weighted by Gasteiger charge is -2.49. The molecule has 2 amide bonds. The van der Waals surface area contributed by atoms with Crippen LogP contribution in [-0.2, 0) is 9.59 Å². The highest BCUT2D eigenvalue weighted by Crippen LogP contribution is 2.55. The van der Waals surface area contributed by atoms with Gasteiger partial charge in [-0.3, -0.25) is 9.59 Å². The van der Waals surface area contributed by atoms with Crippen molar-refractivity contribution >= 4 is 34.6 Å². The average molecular weight is 617 g/mol. The van der Waals surface area contributed by atoms with Crippen molar-refractivity contribution in [3.8, 4) is 30.0 Å². The van der Waals surface area contributed by atoms with Crippen LogP contribution in [0.3, 0.4) is 0 Å². The highest BCUT2D eigenvalue weighted by molar-refractivity contribution is 6.23. The zero-order chi connectivity index (χ0) is 32.8. The van der Waals surface area contributed by atoms with Gasteiger partial charge in [0.2, 0.25) is 17.7 Å². The monoisotopic (exact) mass is 616 g/mol. The molecule has 46 heavy (non-hydrogen) atoms. The quantitative estimate of drug-likeness (QED) is 0.233. The number of carbonyl (C=O) groups excluding carboxylic acids is 2. The van der Waals surface area contributed by atoms with Gasteiger partial charge in [0.15, 0.2) is 5.65 Å².